The zero-order chi connectivity index (χ0) is 12.3. The number of nitro groups is 1. The average molecular weight is 252 g/mol. The molecule has 2 heterocycles. The highest BCUT2D eigenvalue weighted by molar-refractivity contribution is 7.15. The van der Waals surface area contributed by atoms with Crippen molar-refractivity contribution in [3.05, 3.63) is 44.6 Å². The molecule has 0 aromatic carbocycles. The summed E-state index contributed by atoms with van der Waals surface area (Å²) in [5.41, 5.74) is 2.14. The Bertz CT molecular complexity index is 520. The normalized spacial score (nSPS) is 10.6. The Morgan fingerprint density at radius 3 is 2.94 bits per heavy atom. The van der Waals surface area contributed by atoms with E-state index in [0.29, 0.717) is 13.1 Å². The van der Waals surface area contributed by atoms with Crippen molar-refractivity contribution in [2.75, 3.05) is 0 Å². The lowest BCUT2D eigenvalue weighted by atomic mass is 10.2. The predicted molar refractivity (Wildman–Crippen MR) is 64.8 cm³/mol. The molecule has 6 nitrogen and oxygen atoms in total. The van der Waals surface area contributed by atoms with E-state index in [2.05, 4.69) is 15.5 Å². The second kappa shape index (κ2) is 5.07. The third kappa shape index (κ3) is 2.89. The topological polar surface area (TPSA) is 83.8 Å². The highest BCUT2D eigenvalue weighted by Crippen LogP contribution is 2.23. The Hall–Kier alpha value is -1.73. The summed E-state index contributed by atoms with van der Waals surface area (Å²) < 4.78 is 0. The fourth-order valence-corrected chi connectivity index (χ4v) is 2.22. The Kier molecular flexibility index (Phi) is 3.50. The van der Waals surface area contributed by atoms with Crippen LogP contribution in [-0.4, -0.2) is 15.1 Å². The van der Waals surface area contributed by atoms with Crippen molar-refractivity contribution in [1.29, 1.82) is 0 Å². The molecule has 2 rings (SSSR count). The van der Waals surface area contributed by atoms with Crippen LogP contribution in [0, 0.1) is 17.0 Å². The largest absolute Gasteiger partial charge is 0.324 e. The van der Waals surface area contributed by atoms with Crippen LogP contribution in [0.3, 0.4) is 0 Å². The summed E-state index contributed by atoms with van der Waals surface area (Å²) in [7, 11) is 0. The summed E-state index contributed by atoms with van der Waals surface area (Å²) in [6, 6.07) is 3.31. The minimum Gasteiger partial charge on any atom is -0.308 e. The number of hydrogen-bond donors (Lipinski definition) is 2. The highest BCUT2D eigenvalue weighted by Gasteiger charge is 2.09. The second-order valence-corrected chi connectivity index (χ2v) is 4.77. The molecule has 90 valence electrons. The Balaban J connectivity index is 1.86. The SMILES string of the molecule is Cc1[nH]ncc1CNCc1ccc([N+](=O)[O-])s1. The molecule has 0 unspecified atom stereocenters. The standard InChI is InChI=1S/C10H12N4O2S/c1-7-8(5-12-13-7)4-11-6-9-2-3-10(17-9)14(15)16/h2-3,5,11H,4,6H2,1H3,(H,12,13). The molecule has 0 saturated heterocycles. The van der Waals surface area contributed by atoms with Crippen molar-refractivity contribution in [2.24, 2.45) is 0 Å². The summed E-state index contributed by atoms with van der Waals surface area (Å²) >= 11 is 1.20. The van der Waals surface area contributed by atoms with E-state index in [1.807, 2.05) is 6.92 Å². The monoisotopic (exact) mass is 252 g/mol. The van der Waals surface area contributed by atoms with E-state index < -0.39 is 0 Å². The van der Waals surface area contributed by atoms with Crippen LogP contribution in [0.15, 0.2) is 18.3 Å². The number of hydrogen-bond acceptors (Lipinski definition) is 5. The van der Waals surface area contributed by atoms with Gasteiger partial charge in [0.2, 0.25) is 0 Å². The summed E-state index contributed by atoms with van der Waals surface area (Å²) in [5.74, 6) is 0. The van der Waals surface area contributed by atoms with Gasteiger partial charge in [-0.05, 0) is 13.0 Å². The molecule has 0 aliphatic carbocycles. The van der Waals surface area contributed by atoms with Crippen LogP contribution in [0.1, 0.15) is 16.1 Å². The molecule has 0 fully saturated rings. The van der Waals surface area contributed by atoms with Gasteiger partial charge < -0.3 is 5.32 Å². The first-order valence-corrected chi connectivity index (χ1v) is 5.91. The third-order valence-corrected chi connectivity index (χ3v) is 3.41. The van der Waals surface area contributed by atoms with Gasteiger partial charge in [-0.15, -0.1) is 0 Å². The number of H-pyrrole nitrogens is 1. The summed E-state index contributed by atoms with van der Waals surface area (Å²) in [6.07, 6.45) is 1.78. The Labute approximate surface area is 102 Å². The number of aromatic amines is 1. The molecule has 7 heteroatoms. The third-order valence-electron chi connectivity index (χ3n) is 2.38. The molecule has 2 N–H and O–H groups in total. The van der Waals surface area contributed by atoms with E-state index in [1.165, 1.54) is 17.4 Å². The maximum atomic E-state index is 10.5. The van der Waals surface area contributed by atoms with Crippen LogP contribution < -0.4 is 5.32 Å². The Morgan fingerprint density at radius 1 is 1.53 bits per heavy atom. The van der Waals surface area contributed by atoms with Gasteiger partial charge in [-0.3, -0.25) is 15.2 Å². The van der Waals surface area contributed by atoms with Crippen LogP contribution in [-0.2, 0) is 13.1 Å². The van der Waals surface area contributed by atoms with E-state index in [0.717, 1.165) is 16.1 Å². The average Bonchev–Trinajstić information content (AvgIpc) is 2.89. The van der Waals surface area contributed by atoms with E-state index in [1.54, 1.807) is 12.3 Å². The maximum absolute atomic E-state index is 10.5. The molecular weight excluding hydrogens is 240 g/mol. The molecule has 17 heavy (non-hydrogen) atoms. The first kappa shape index (κ1) is 11.7. The van der Waals surface area contributed by atoms with E-state index in [4.69, 9.17) is 0 Å². The van der Waals surface area contributed by atoms with Crippen LogP contribution in [0.4, 0.5) is 5.00 Å². The number of nitrogens with one attached hydrogen (secondary N) is 2. The molecule has 2 aromatic rings. The summed E-state index contributed by atoms with van der Waals surface area (Å²) in [6.45, 7) is 3.29. The van der Waals surface area contributed by atoms with Crippen LogP contribution in [0.2, 0.25) is 0 Å². The molecule has 0 saturated carbocycles. The van der Waals surface area contributed by atoms with Crippen molar-refractivity contribution in [3.63, 3.8) is 0 Å². The fourth-order valence-electron chi connectivity index (χ4n) is 1.43. The molecule has 0 aliphatic rings. The molecule has 0 aliphatic heterocycles. The quantitative estimate of drug-likeness (QED) is 0.629. The lowest BCUT2D eigenvalue weighted by molar-refractivity contribution is -0.380. The lowest BCUT2D eigenvalue weighted by Gasteiger charge is -2.01. The van der Waals surface area contributed by atoms with Gasteiger partial charge in [0.05, 0.1) is 11.1 Å². The number of thiophene rings is 1. The van der Waals surface area contributed by atoms with Gasteiger partial charge in [-0.25, -0.2) is 0 Å². The number of nitrogens with zero attached hydrogens (tertiary/aromatic N) is 2. The van der Waals surface area contributed by atoms with E-state index >= 15 is 0 Å². The first-order valence-electron chi connectivity index (χ1n) is 5.09. The van der Waals surface area contributed by atoms with E-state index in [9.17, 15) is 10.1 Å². The van der Waals surface area contributed by atoms with Crippen molar-refractivity contribution in [2.45, 2.75) is 20.0 Å². The van der Waals surface area contributed by atoms with Gasteiger partial charge >= 0.3 is 5.00 Å². The molecule has 0 radical (unpaired) electrons. The van der Waals surface area contributed by atoms with Gasteiger partial charge in [0.1, 0.15) is 0 Å². The molecule has 0 atom stereocenters. The molecule has 0 amide bonds. The molecular formula is C10H12N4O2S. The first-order chi connectivity index (χ1) is 8.16. The van der Waals surface area contributed by atoms with Crippen LogP contribution in [0.25, 0.3) is 0 Å². The van der Waals surface area contributed by atoms with Crippen LogP contribution >= 0.6 is 11.3 Å². The minimum absolute atomic E-state index is 0.182. The summed E-state index contributed by atoms with van der Waals surface area (Å²) in [5, 5.41) is 20.7. The van der Waals surface area contributed by atoms with Gasteiger partial charge in [0, 0.05) is 35.3 Å². The molecule has 0 spiro atoms. The maximum Gasteiger partial charge on any atom is 0.324 e. The van der Waals surface area contributed by atoms with Crippen molar-refractivity contribution in [3.8, 4) is 0 Å². The lowest BCUT2D eigenvalue weighted by Crippen LogP contribution is -2.11. The predicted octanol–water partition coefficient (Wildman–Crippen LogP) is 1.98. The minimum atomic E-state index is -0.367. The van der Waals surface area contributed by atoms with Crippen molar-refractivity contribution < 1.29 is 4.92 Å². The van der Waals surface area contributed by atoms with Crippen LogP contribution in [0.5, 0.6) is 0 Å². The fraction of sp³-hybridized carbons (Fsp3) is 0.300. The number of aryl methyl sites for hydroxylation is 1. The van der Waals surface area contributed by atoms with Gasteiger partial charge in [0.15, 0.2) is 0 Å². The van der Waals surface area contributed by atoms with Crippen molar-refractivity contribution >= 4 is 16.3 Å². The molecule has 0 bridgehead atoms. The molecule has 2 aromatic heterocycles. The number of aromatic nitrogens is 2. The summed E-state index contributed by atoms with van der Waals surface area (Å²) in [4.78, 5) is 11.1. The second-order valence-electron chi connectivity index (χ2n) is 3.62. The number of rotatable bonds is 5. The van der Waals surface area contributed by atoms with Gasteiger partial charge in [0.25, 0.3) is 0 Å². The van der Waals surface area contributed by atoms with Crippen molar-refractivity contribution in [1.82, 2.24) is 15.5 Å². The zero-order valence-corrected chi connectivity index (χ0v) is 10.1. The zero-order valence-electron chi connectivity index (χ0n) is 9.27. The van der Waals surface area contributed by atoms with Gasteiger partial charge in [-0.2, -0.15) is 5.10 Å². The van der Waals surface area contributed by atoms with Gasteiger partial charge in [-0.1, -0.05) is 11.3 Å². The highest BCUT2D eigenvalue weighted by atomic mass is 32.1. The van der Waals surface area contributed by atoms with E-state index in [-0.39, 0.29) is 9.92 Å². The Morgan fingerprint density at radius 2 is 2.35 bits per heavy atom. The smallest absolute Gasteiger partial charge is 0.308 e.